The molecule has 2 atom stereocenters. The van der Waals surface area contributed by atoms with Crippen LogP contribution in [-0.2, 0) is 16.0 Å². The Morgan fingerprint density at radius 3 is 2.27 bits per heavy atom. The normalized spacial score (nSPS) is 13.2. The van der Waals surface area contributed by atoms with Gasteiger partial charge in [0.1, 0.15) is 6.10 Å². The van der Waals surface area contributed by atoms with Gasteiger partial charge < -0.3 is 4.74 Å². The summed E-state index contributed by atoms with van der Waals surface area (Å²) in [7, 11) is 0. The second-order valence-corrected chi connectivity index (χ2v) is 7.66. The van der Waals surface area contributed by atoms with Crippen LogP contribution in [0.2, 0.25) is 0 Å². The van der Waals surface area contributed by atoms with Crippen molar-refractivity contribution in [2.45, 2.75) is 45.6 Å². The van der Waals surface area contributed by atoms with E-state index >= 15 is 0 Å². The van der Waals surface area contributed by atoms with Crippen LogP contribution in [-0.4, -0.2) is 12.1 Å². The highest BCUT2D eigenvalue weighted by Gasteiger charge is 2.23. The predicted octanol–water partition coefficient (Wildman–Crippen LogP) is 7.05. The molecule has 0 aromatic heterocycles. The summed E-state index contributed by atoms with van der Waals surface area (Å²) in [5, 5.41) is 0. The molecule has 2 unspecified atom stereocenters. The summed E-state index contributed by atoms with van der Waals surface area (Å²) in [6, 6.07) is 27.5. The zero-order chi connectivity index (χ0) is 21.3. The molecule has 0 fully saturated rings. The van der Waals surface area contributed by atoms with Crippen molar-refractivity contribution >= 4 is 12.0 Å². The van der Waals surface area contributed by atoms with E-state index in [4.69, 9.17) is 4.74 Å². The van der Waals surface area contributed by atoms with E-state index in [2.05, 4.69) is 78.9 Å². The first-order valence-electron chi connectivity index (χ1n) is 10.6. The molecule has 0 spiro atoms. The molecule has 154 valence electrons. The van der Waals surface area contributed by atoms with Gasteiger partial charge in [-0.2, -0.15) is 0 Å². The highest BCUT2D eigenvalue weighted by molar-refractivity contribution is 5.75. The molecule has 3 aromatic carbocycles. The summed E-state index contributed by atoms with van der Waals surface area (Å²) >= 11 is 0. The van der Waals surface area contributed by atoms with Crippen molar-refractivity contribution < 1.29 is 9.53 Å². The van der Waals surface area contributed by atoms with Gasteiger partial charge in [0.15, 0.2) is 0 Å². The van der Waals surface area contributed by atoms with Crippen molar-refractivity contribution in [3.8, 4) is 11.1 Å². The van der Waals surface area contributed by atoms with Gasteiger partial charge in [-0.1, -0.05) is 91.0 Å². The Kier molecular flexibility index (Phi) is 7.62. The minimum atomic E-state index is -0.234. The van der Waals surface area contributed by atoms with Crippen LogP contribution >= 0.6 is 0 Å². The van der Waals surface area contributed by atoms with Crippen LogP contribution in [0.15, 0.2) is 84.9 Å². The van der Waals surface area contributed by atoms with E-state index in [1.54, 1.807) is 0 Å². The molecule has 3 rings (SSSR count). The average molecular weight is 399 g/mol. The molecule has 0 saturated heterocycles. The van der Waals surface area contributed by atoms with Gasteiger partial charge >= 0.3 is 5.97 Å². The minimum Gasteiger partial charge on any atom is -0.462 e. The number of carbonyl (C=O) groups is 1. The Morgan fingerprint density at radius 1 is 0.967 bits per heavy atom. The Morgan fingerprint density at radius 2 is 1.63 bits per heavy atom. The molecule has 0 bridgehead atoms. The van der Waals surface area contributed by atoms with Gasteiger partial charge in [0, 0.05) is 12.8 Å². The topological polar surface area (TPSA) is 26.3 Å². The summed E-state index contributed by atoms with van der Waals surface area (Å²) in [5.41, 5.74) is 6.09. The zero-order valence-corrected chi connectivity index (χ0v) is 18.0. The van der Waals surface area contributed by atoms with Crippen molar-refractivity contribution in [2.24, 2.45) is 0 Å². The van der Waals surface area contributed by atoms with E-state index in [1.165, 1.54) is 34.7 Å². The first kappa shape index (κ1) is 21.6. The van der Waals surface area contributed by atoms with Crippen molar-refractivity contribution in [3.05, 3.63) is 102 Å². The third-order valence-corrected chi connectivity index (χ3v) is 5.44. The van der Waals surface area contributed by atoms with Crippen LogP contribution in [0.4, 0.5) is 0 Å². The number of allylic oxidation sites excluding steroid dienone is 1. The molecular weight excluding hydrogens is 368 g/mol. The zero-order valence-electron chi connectivity index (χ0n) is 18.0. The van der Waals surface area contributed by atoms with E-state index in [1.807, 2.05) is 26.0 Å². The summed E-state index contributed by atoms with van der Waals surface area (Å²) in [4.78, 5) is 11.6. The molecule has 0 N–H and O–H groups in total. The fraction of sp³-hybridized carbons (Fsp3) is 0.250. The van der Waals surface area contributed by atoms with Gasteiger partial charge in [0.05, 0.1) is 0 Å². The number of hydrogen-bond donors (Lipinski definition) is 0. The lowest BCUT2D eigenvalue weighted by Gasteiger charge is -2.25. The fourth-order valence-electron chi connectivity index (χ4n) is 3.99. The molecule has 2 heteroatoms. The smallest absolute Gasteiger partial charge is 0.302 e. The maximum atomic E-state index is 11.6. The van der Waals surface area contributed by atoms with Crippen LogP contribution in [0, 0.1) is 0 Å². The standard InChI is InChI=1S/C28H30O2/c1-4-11-25-20-26(17-19-28(25)24-14-9-6-10-15-24)27(21(2)30-22(3)29)18-16-23-12-7-5-8-13-23/h4-15,17,19-21,27H,16,18H2,1-3H3/b11-4+. The number of esters is 1. The molecule has 0 heterocycles. The SMILES string of the molecule is C/C=C/c1cc(C(CCc2ccccc2)C(C)OC(C)=O)ccc1-c1ccccc1. The molecule has 0 saturated carbocycles. The van der Waals surface area contributed by atoms with Gasteiger partial charge in [0.25, 0.3) is 0 Å². The summed E-state index contributed by atoms with van der Waals surface area (Å²) in [5.74, 6) is -0.107. The minimum absolute atomic E-state index is 0.128. The van der Waals surface area contributed by atoms with Crippen LogP contribution in [0.5, 0.6) is 0 Å². The third kappa shape index (κ3) is 5.70. The van der Waals surface area contributed by atoms with Gasteiger partial charge in [-0.05, 0) is 54.5 Å². The lowest BCUT2D eigenvalue weighted by atomic mass is 9.85. The van der Waals surface area contributed by atoms with Crippen LogP contribution < -0.4 is 0 Å². The average Bonchev–Trinajstić information content (AvgIpc) is 2.75. The number of carbonyl (C=O) groups excluding carboxylic acids is 1. The van der Waals surface area contributed by atoms with Gasteiger partial charge in [0.2, 0.25) is 0 Å². The van der Waals surface area contributed by atoms with Crippen LogP contribution in [0.25, 0.3) is 17.2 Å². The number of rotatable bonds is 8. The Bertz CT molecular complexity index is 974. The first-order chi connectivity index (χ1) is 14.6. The fourth-order valence-corrected chi connectivity index (χ4v) is 3.99. The van der Waals surface area contributed by atoms with Gasteiger partial charge in [-0.25, -0.2) is 0 Å². The van der Waals surface area contributed by atoms with Crippen molar-refractivity contribution in [1.82, 2.24) is 0 Å². The maximum absolute atomic E-state index is 11.6. The maximum Gasteiger partial charge on any atom is 0.302 e. The predicted molar refractivity (Wildman–Crippen MR) is 125 cm³/mol. The highest BCUT2D eigenvalue weighted by atomic mass is 16.5. The molecule has 30 heavy (non-hydrogen) atoms. The van der Waals surface area contributed by atoms with E-state index in [0.717, 1.165) is 12.8 Å². The van der Waals surface area contributed by atoms with Crippen LogP contribution in [0.3, 0.4) is 0 Å². The highest BCUT2D eigenvalue weighted by Crippen LogP contribution is 2.33. The molecule has 0 aliphatic heterocycles. The molecule has 0 radical (unpaired) electrons. The van der Waals surface area contributed by atoms with Crippen molar-refractivity contribution in [2.75, 3.05) is 0 Å². The Hall–Kier alpha value is -3.13. The van der Waals surface area contributed by atoms with Gasteiger partial charge in [-0.3, -0.25) is 4.79 Å². The van der Waals surface area contributed by atoms with Crippen LogP contribution in [0.1, 0.15) is 49.8 Å². The monoisotopic (exact) mass is 398 g/mol. The van der Waals surface area contributed by atoms with E-state index in [-0.39, 0.29) is 18.0 Å². The second kappa shape index (κ2) is 10.6. The quantitative estimate of drug-likeness (QED) is 0.380. The Labute approximate surface area is 180 Å². The third-order valence-electron chi connectivity index (χ3n) is 5.44. The summed E-state index contributed by atoms with van der Waals surface area (Å²) in [6.07, 6.45) is 5.89. The molecule has 2 nitrogen and oxygen atoms in total. The molecular formula is C28H30O2. The molecule has 3 aromatic rings. The van der Waals surface area contributed by atoms with E-state index in [9.17, 15) is 4.79 Å². The summed E-state index contributed by atoms with van der Waals surface area (Å²) in [6.45, 7) is 5.52. The summed E-state index contributed by atoms with van der Waals surface area (Å²) < 4.78 is 5.61. The van der Waals surface area contributed by atoms with E-state index < -0.39 is 0 Å². The first-order valence-corrected chi connectivity index (χ1v) is 10.6. The lowest BCUT2D eigenvalue weighted by Crippen LogP contribution is -2.22. The Balaban J connectivity index is 1.94. The molecule has 0 aliphatic rings. The van der Waals surface area contributed by atoms with Crippen molar-refractivity contribution in [1.29, 1.82) is 0 Å². The second-order valence-electron chi connectivity index (χ2n) is 7.66. The van der Waals surface area contributed by atoms with E-state index in [0.29, 0.717) is 0 Å². The van der Waals surface area contributed by atoms with Crippen molar-refractivity contribution in [3.63, 3.8) is 0 Å². The number of benzene rings is 3. The van der Waals surface area contributed by atoms with Gasteiger partial charge in [-0.15, -0.1) is 0 Å². The molecule has 0 amide bonds. The lowest BCUT2D eigenvalue weighted by molar-refractivity contribution is -0.146. The number of hydrogen-bond acceptors (Lipinski definition) is 2. The molecule has 0 aliphatic carbocycles. The number of aryl methyl sites for hydroxylation is 1. The number of ether oxygens (including phenoxy) is 1. The largest absolute Gasteiger partial charge is 0.462 e.